The Morgan fingerprint density at radius 2 is 0.857 bits per heavy atom. The van der Waals surface area contributed by atoms with E-state index in [4.69, 9.17) is 19.0 Å². The summed E-state index contributed by atoms with van der Waals surface area (Å²) in [5, 5.41) is 0. The Hall–Kier alpha value is -0.0131. The Balaban J connectivity index is 3.86. The van der Waals surface area contributed by atoms with E-state index in [0.717, 1.165) is 32.1 Å². The monoisotopic (exact) mass is 519 g/mol. The molecule has 0 aromatic carbocycles. The molecule has 0 heterocycles. The standard InChI is InChI=1S/C29H62FNO3Si/c1-5-7-9-11-13-15-16-17-18-19-20-21-23-25-27-29(30,31)34-35(32-3,33-4)28-26-24-22-14-12-10-8-6-2/h5-28,31H2,1-4H3. The van der Waals surface area contributed by atoms with E-state index in [1.807, 2.05) is 0 Å². The summed E-state index contributed by atoms with van der Waals surface area (Å²) in [5.74, 6) is -2.17. The van der Waals surface area contributed by atoms with Crippen molar-refractivity contribution in [2.75, 3.05) is 14.2 Å². The molecule has 0 aromatic rings. The smallest absolute Gasteiger partial charge is 0.377 e. The summed E-state index contributed by atoms with van der Waals surface area (Å²) in [4.78, 5) is 0. The van der Waals surface area contributed by atoms with Gasteiger partial charge in [-0.05, 0) is 12.8 Å². The van der Waals surface area contributed by atoms with Gasteiger partial charge < -0.3 is 13.3 Å². The van der Waals surface area contributed by atoms with Crippen molar-refractivity contribution in [3.05, 3.63) is 0 Å². The first kappa shape index (κ1) is 35.0. The minimum atomic E-state index is -3.07. The molecule has 4 nitrogen and oxygen atoms in total. The normalized spacial score (nSPS) is 13.9. The minimum Gasteiger partial charge on any atom is -0.377 e. The van der Waals surface area contributed by atoms with Crippen LogP contribution in [0.25, 0.3) is 0 Å². The maximum absolute atomic E-state index is 15.0. The molecule has 0 aliphatic carbocycles. The molecule has 0 fully saturated rings. The van der Waals surface area contributed by atoms with Crippen molar-refractivity contribution in [1.29, 1.82) is 0 Å². The maximum atomic E-state index is 15.0. The van der Waals surface area contributed by atoms with Crippen LogP contribution in [0.15, 0.2) is 0 Å². The lowest BCUT2D eigenvalue weighted by Gasteiger charge is -2.33. The van der Waals surface area contributed by atoms with E-state index in [1.54, 1.807) is 14.2 Å². The molecular formula is C29H62FNO3Si. The van der Waals surface area contributed by atoms with Crippen LogP contribution >= 0.6 is 0 Å². The number of alkyl halides is 1. The first-order chi connectivity index (χ1) is 16.9. The van der Waals surface area contributed by atoms with E-state index in [1.165, 1.54) is 109 Å². The molecule has 0 saturated heterocycles. The van der Waals surface area contributed by atoms with E-state index in [0.29, 0.717) is 6.04 Å². The van der Waals surface area contributed by atoms with Crippen molar-refractivity contribution in [3.8, 4) is 0 Å². The van der Waals surface area contributed by atoms with Crippen LogP contribution in [-0.2, 0) is 13.3 Å². The highest BCUT2D eigenvalue weighted by atomic mass is 28.4. The lowest BCUT2D eigenvalue weighted by molar-refractivity contribution is -0.112. The summed E-state index contributed by atoms with van der Waals surface area (Å²) >= 11 is 0. The molecule has 0 radical (unpaired) electrons. The summed E-state index contributed by atoms with van der Waals surface area (Å²) in [6, 6.07) is 0.622. The zero-order chi connectivity index (χ0) is 26.1. The number of halogens is 1. The van der Waals surface area contributed by atoms with Crippen molar-refractivity contribution in [2.24, 2.45) is 5.73 Å². The highest BCUT2D eigenvalue weighted by Crippen LogP contribution is 2.27. The zero-order valence-corrected chi connectivity index (χ0v) is 25.2. The lowest BCUT2D eigenvalue weighted by Crippen LogP contribution is -2.54. The van der Waals surface area contributed by atoms with E-state index < -0.39 is 14.8 Å². The molecule has 0 bridgehead atoms. The van der Waals surface area contributed by atoms with Crippen LogP contribution in [0, 0.1) is 0 Å². The van der Waals surface area contributed by atoms with Crippen LogP contribution in [0.2, 0.25) is 6.04 Å². The number of nitrogens with two attached hydrogens (primary N) is 1. The average Bonchev–Trinajstić information content (AvgIpc) is 2.85. The predicted molar refractivity (Wildman–Crippen MR) is 151 cm³/mol. The van der Waals surface area contributed by atoms with Gasteiger partial charge in [-0.2, -0.15) is 4.39 Å². The lowest BCUT2D eigenvalue weighted by atomic mass is 10.0. The van der Waals surface area contributed by atoms with Crippen LogP contribution < -0.4 is 5.73 Å². The molecule has 1 unspecified atom stereocenters. The average molecular weight is 520 g/mol. The van der Waals surface area contributed by atoms with Crippen molar-refractivity contribution in [3.63, 3.8) is 0 Å². The topological polar surface area (TPSA) is 53.7 Å². The molecule has 0 rings (SSSR count). The molecule has 1 atom stereocenters. The van der Waals surface area contributed by atoms with E-state index in [-0.39, 0.29) is 6.42 Å². The SMILES string of the molecule is CCCCCCCCCCCCCCCCC(N)(F)O[Si](CCCCCCCCCC)(OC)OC. The van der Waals surface area contributed by atoms with Crippen LogP contribution in [-0.4, -0.2) is 29.0 Å². The molecule has 0 spiro atoms. The number of unbranched alkanes of at least 4 members (excludes halogenated alkanes) is 20. The van der Waals surface area contributed by atoms with Gasteiger partial charge in [0.05, 0.1) is 0 Å². The summed E-state index contributed by atoms with van der Waals surface area (Å²) in [5.41, 5.74) is 5.89. The fourth-order valence-corrected chi connectivity index (χ4v) is 6.91. The van der Waals surface area contributed by atoms with Gasteiger partial charge in [-0.3, -0.25) is 5.73 Å². The van der Waals surface area contributed by atoms with Gasteiger partial charge in [0.1, 0.15) is 0 Å². The number of hydrogen-bond donors (Lipinski definition) is 1. The first-order valence-electron chi connectivity index (χ1n) is 15.2. The summed E-state index contributed by atoms with van der Waals surface area (Å²) in [6.07, 6.45) is 27.7. The first-order valence-corrected chi connectivity index (χ1v) is 17.2. The number of rotatable bonds is 28. The third-order valence-electron chi connectivity index (χ3n) is 7.15. The van der Waals surface area contributed by atoms with Crippen molar-refractivity contribution >= 4 is 8.80 Å². The van der Waals surface area contributed by atoms with Crippen molar-refractivity contribution in [2.45, 2.75) is 174 Å². The largest absolute Gasteiger partial charge is 0.503 e. The fourth-order valence-electron chi connectivity index (χ4n) is 4.77. The molecule has 2 N–H and O–H groups in total. The third-order valence-corrected chi connectivity index (χ3v) is 10.0. The second kappa shape index (κ2) is 24.3. The molecule has 0 aliphatic rings. The highest BCUT2D eigenvalue weighted by molar-refractivity contribution is 6.60. The predicted octanol–water partition coefficient (Wildman–Crippen LogP) is 9.83. The minimum absolute atomic E-state index is 0.198. The van der Waals surface area contributed by atoms with Crippen LogP contribution in [0.3, 0.4) is 0 Å². The van der Waals surface area contributed by atoms with Gasteiger partial charge in [0, 0.05) is 26.7 Å². The van der Waals surface area contributed by atoms with Crippen LogP contribution in [0.4, 0.5) is 4.39 Å². The summed E-state index contributed by atoms with van der Waals surface area (Å²) < 4.78 is 31.8. The summed E-state index contributed by atoms with van der Waals surface area (Å²) in [7, 11) is 0.0500. The second-order valence-electron chi connectivity index (χ2n) is 10.6. The Labute approximate surface area is 220 Å². The third kappa shape index (κ3) is 21.7. The Morgan fingerprint density at radius 1 is 0.543 bits per heavy atom. The molecule has 0 aliphatic heterocycles. The second-order valence-corrected chi connectivity index (χ2v) is 13.4. The van der Waals surface area contributed by atoms with Gasteiger partial charge in [0.25, 0.3) is 5.98 Å². The fraction of sp³-hybridized carbons (Fsp3) is 1.00. The molecule has 212 valence electrons. The van der Waals surface area contributed by atoms with Gasteiger partial charge >= 0.3 is 8.80 Å². The molecule has 0 aromatic heterocycles. The van der Waals surface area contributed by atoms with Gasteiger partial charge in [0.2, 0.25) is 0 Å². The Morgan fingerprint density at radius 3 is 1.20 bits per heavy atom. The number of hydrogen-bond acceptors (Lipinski definition) is 4. The zero-order valence-electron chi connectivity index (χ0n) is 24.2. The van der Waals surface area contributed by atoms with Gasteiger partial charge in [-0.1, -0.05) is 142 Å². The van der Waals surface area contributed by atoms with E-state index >= 15 is 0 Å². The van der Waals surface area contributed by atoms with E-state index in [2.05, 4.69) is 13.8 Å². The highest BCUT2D eigenvalue weighted by Gasteiger charge is 2.45. The van der Waals surface area contributed by atoms with Crippen molar-refractivity contribution < 1.29 is 17.7 Å². The molecule has 0 saturated carbocycles. The van der Waals surface area contributed by atoms with Gasteiger partial charge in [-0.15, -0.1) is 0 Å². The Kier molecular flexibility index (Phi) is 24.3. The molecular weight excluding hydrogens is 457 g/mol. The molecule has 6 heteroatoms. The Bertz CT molecular complexity index is 436. The van der Waals surface area contributed by atoms with Gasteiger partial charge in [-0.25, -0.2) is 0 Å². The van der Waals surface area contributed by atoms with E-state index in [9.17, 15) is 4.39 Å². The van der Waals surface area contributed by atoms with Crippen LogP contribution in [0.1, 0.15) is 162 Å². The molecule has 35 heavy (non-hydrogen) atoms. The van der Waals surface area contributed by atoms with Crippen LogP contribution in [0.5, 0.6) is 0 Å². The quantitative estimate of drug-likeness (QED) is 0.0483. The molecule has 0 amide bonds. The maximum Gasteiger partial charge on any atom is 0.503 e. The van der Waals surface area contributed by atoms with Crippen molar-refractivity contribution in [1.82, 2.24) is 0 Å². The summed E-state index contributed by atoms with van der Waals surface area (Å²) in [6.45, 7) is 4.51. The van der Waals surface area contributed by atoms with Gasteiger partial charge in [0.15, 0.2) is 0 Å².